The van der Waals surface area contributed by atoms with Gasteiger partial charge in [0.15, 0.2) is 0 Å². The quantitative estimate of drug-likeness (QED) is 0.846. The third-order valence-electron chi connectivity index (χ3n) is 2.94. The summed E-state index contributed by atoms with van der Waals surface area (Å²) in [7, 11) is 0. The monoisotopic (exact) mass is 229 g/mol. The molecule has 2 aromatic rings. The Hall–Kier alpha value is -1.61. The molecule has 1 heterocycles. The number of H-pyrrole nitrogens is 1. The first-order valence-electron chi connectivity index (χ1n) is 6.02. The zero-order chi connectivity index (χ0) is 12.3. The number of hydrogen-bond donors (Lipinski definition) is 2. The Bertz CT molecular complexity index is 474. The molecule has 0 saturated heterocycles. The van der Waals surface area contributed by atoms with Crippen molar-refractivity contribution in [1.82, 2.24) is 15.3 Å². The highest BCUT2D eigenvalue weighted by molar-refractivity contribution is 5.35. The molecular weight excluding hydrogens is 210 g/mol. The second-order valence-electron chi connectivity index (χ2n) is 4.33. The Kier molecular flexibility index (Phi) is 3.59. The summed E-state index contributed by atoms with van der Waals surface area (Å²) >= 11 is 0. The van der Waals surface area contributed by atoms with Crippen molar-refractivity contribution in [2.45, 2.75) is 26.8 Å². The van der Waals surface area contributed by atoms with Crippen LogP contribution in [0.2, 0.25) is 0 Å². The number of aryl methyl sites for hydroxylation is 2. The highest BCUT2D eigenvalue weighted by atomic mass is 15.0. The molecule has 0 aliphatic rings. The van der Waals surface area contributed by atoms with E-state index in [1.54, 1.807) is 6.20 Å². The molecule has 0 radical (unpaired) electrons. The normalized spacial score (nSPS) is 12.6. The topological polar surface area (TPSA) is 40.7 Å². The van der Waals surface area contributed by atoms with Crippen LogP contribution in [0.5, 0.6) is 0 Å². The highest BCUT2D eigenvalue weighted by Gasteiger charge is 2.16. The summed E-state index contributed by atoms with van der Waals surface area (Å²) in [6, 6.07) is 6.69. The lowest BCUT2D eigenvalue weighted by molar-refractivity contribution is 0.600. The van der Waals surface area contributed by atoms with Crippen molar-refractivity contribution >= 4 is 0 Å². The Labute approximate surface area is 102 Å². The largest absolute Gasteiger partial charge is 0.347 e. The zero-order valence-corrected chi connectivity index (χ0v) is 10.6. The predicted molar refractivity (Wildman–Crippen MR) is 70.0 cm³/mol. The van der Waals surface area contributed by atoms with Crippen LogP contribution >= 0.6 is 0 Å². The van der Waals surface area contributed by atoms with Gasteiger partial charge in [0.1, 0.15) is 5.82 Å². The van der Waals surface area contributed by atoms with E-state index in [4.69, 9.17) is 0 Å². The Morgan fingerprint density at radius 1 is 1.35 bits per heavy atom. The third-order valence-corrected chi connectivity index (χ3v) is 2.94. The van der Waals surface area contributed by atoms with Gasteiger partial charge in [-0.15, -0.1) is 0 Å². The molecule has 0 amide bonds. The number of rotatable bonds is 4. The Morgan fingerprint density at radius 3 is 2.76 bits per heavy atom. The minimum absolute atomic E-state index is 0.149. The van der Waals surface area contributed by atoms with E-state index < -0.39 is 0 Å². The van der Waals surface area contributed by atoms with E-state index in [1.165, 1.54) is 16.7 Å². The molecular formula is C14H19N3. The van der Waals surface area contributed by atoms with E-state index in [1.807, 2.05) is 6.20 Å². The summed E-state index contributed by atoms with van der Waals surface area (Å²) in [5, 5.41) is 3.47. The van der Waals surface area contributed by atoms with Crippen LogP contribution in [0, 0.1) is 13.8 Å². The maximum atomic E-state index is 4.36. The van der Waals surface area contributed by atoms with Crippen LogP contribution in [0.25, 0.3) is 0 Å². The van der Waals surface area contributed by atoms with Crippen molar-refractivity contribution in [2.24, 2.45) is 0 Å². The molecule has 90 valence electrons. The van der Waals surface area contributed by atoms with Gasteiger partial charge in [0.05, 0.1) is 6.04 Å². The minimum atomic E-state index is 0.149. The molecule has 1 atom stereocenters. The van der Waals surface area contributed by atoms with Crippen LogP contribution in [0.1, 0.15) is 35.5 Å². The molecule has 0 spiro atoms. The van der Waals surface area contributed by atoms with E-state index >= 15 is 0 Å². The number of benzene rings is 1. The smallest absolute Gasteiger partial charge is 0.127 e. The molecule has 1 aromatic carbocycles. The number of imidazole rings is 1. The number of aromatic amines is 1. The second kappa shape index (κ2) is 5.15. The number of nitrogens with one attached hydrogen (secondary N) is 2. The van der Waals surface area contributed by atoms with Crippen LogP contribution in [-0.2, 0) is 0 Å². The molecule has 0 aliphatic heterocycles. The lowest BCUT2D eigenvalue weighted by Crippen LogP contribution is -2.23. The summed E-state index contributed by atoms with van der Waals surface area (Å²) in [4.78, 5) is 7.55. The molecule has 0 fully saturated rings. The molecule has 3 heteroatoms. The van der Waals surface area contributed by atoms with Crippen LogP contribution < -0.4 is 5.32 Å². The number of nitrogens with zero attached hydrogens (tertiary/aromatic N) is 1. The van der Waals surface area contributed by atoms with E-state index in [2.05, 4.69) is 54.3 Å². The van der Waals surface area contributed by atoms with Gasteiger partial charge < -0.3 is 10.3 Å². The van der Waals surface area contributed by atoms with E-state index in [0.717, 1.165) is 12.4 Å². The third kappa shape index (κ3) is 2.56. The van der Waals surface area contributed by atoms with Gasteiger partial charge in [-0.2, -0.15) is 0 Å². The SMILES string of the molecule is CCNC(c1ncc[nH]1)c1ccc(C)cc1C. The number of aromatic nitrogens is 2. The van der Waals surface area contributed by atoms with Crippen molar-refractivity contribution < 1.29 is 0 Å². The van der Waals surface area contributed by atoms with Crippen molar-refractivity contribution in [3.63, 3.8) is 0 Å². The van der Waals surface area contributed by atoms with Crippen molar-refractivity contribution in [3.05, 3.63) is 53.1 Å². The zero-order valence-electron chi connectivity index (χ0n) is 10.6. The fourth-order valence-corrected chi connectivity index (χ4v) is 2.14. The molecule has 2 N–H and O–H groups in total. The van der Waals surface area contributed by atoms with Crippen molar-refractivity contribution in [1.29, 1.82) is 0 Å². The van der Waals surface area contributed by atoms with Crippen LogP contribution in [-0.4, -0.2) is 16.5 Å². The lowest BCUT2D eigenvalue weighted by atomic mass is 9.98. The summed E-state index contributed by atoms with van der Waals surface area (Å²) in [5.74, 6) is 0.971. The molecule has 17 heavy (non-hydrogen) atoms. The Balaban J connectivity index is 2.39. The molecule has 0 bridgehead atoms. The van der Waals surface area contributed by atoms with Crippen LogP contribution in [0.15, 0.2) is 30.6 Å². The van der Waals surface area contributed by atoms with E-state index in [0.29, 0.717) is 0 Å². The summed E-state index contributed by atoms with van der Waals surface area (Å²) in [6.07, 6.45) is 3.66. The van der Waals surface area contributed by atoms with Gasteiger partial charge in [-0.1, -0.05) is 30.7 Å². The first-order chi connectivity index (χ1) is 8.22. The Morgan fingerprint density at radius 2 is 2.18 bits per heavy atom. The van der Waals surface area contributed by atoms with Gasteiger partial charge in [0, 0.05) is 12.4 Å². The van der Waals surface area contributed by atoms with Gasteiger partial charge in [0.2, 0.25) is 0 Å². The van der Waals surface area contributed by atoms with Crippen LogP contribution in [0.3, 0.4) is 0 Å². The molecule has 3 nitrogen and oxygen atoms in total. The maximum absolute atomic E-state index is 4.36. The summed E-state index contributed by atoms with van der Waals surface area (Å²) < 4.78 is 0. The van der Waals surface area contributed by atoms with E-state index in [-0.39, 0.29) is 6.04 Å². The lowest BCUT2D eigenvalue weighted by Gasteiger charge is -2.18. The first-order valence-corrected chi connectivity index (χ1v) is 6.02. The van der Waals surface area contributed by atoms with Gasteiger partial charge >= 0.3 is 0 Å². The van der Waals surface area contributed by atoms with Crippen molar-refractivity contribution in [3.8, 4) is 0 Å². The predicted octanol–water partition coefficient (Wildman–Crippen LogP) is 2.73. The van der Waals surface area contributed by atoms with Gasteiger partial charge in [0.25, 0.3) is 0 Å². The molecule has 1 aromatic heterocycles. The summed E-state index contributed by atoms with van der Waals surface area (Å²) in [5.41, 5.74) is 3.88. The average Bonchev–Trinajstić information content (AvgIpc) is 2.80. The van der Waals surface area contributed by atoms with E-state index in [9.17, 15) is 0 Å². The first kappa shape index (κ1) is 11.9. The molecule has 2 rings (SSSR count). The van der Waals surface area contributed by atoms with Crippen LogP contribution in [0.4, 0.5) is 0 Å². The number of hydrogen-bond acceptors (Lipinski definition) is 2. The molecule has 0 aliphatic carbocycles. The molecule has 0 saturated carbocycles. The summed E-state index contributed by atoms with van der Waals surface area (Å²) in [6.45, 7) is 7.29. The van der Waals surface area contributed by atoms with Gasteiger partial charge in [-0.3, -0.25) is 0 Å². The van der Waals surface area contributed by atoms with Crippen molar-refractivity contribution in [2.75, 3.05) is 6.54 Å². The fraction of sp³-hybridized carbons (Fsp3) is 0.357. The standard InChI is InChI=1S/C14H19N3/c1-4-15-13(14-16-7-8-17-14)12-6-5-10(2)9-11(12)3/h5-9,13,15H,4H2,1-3H3,(H,16,17). The van der Waals surface area contributed by atoms with Gasteiger partial charge in [-0.05, 0) is 31.5 Å². The second-order valence-corrected chi connectivity index (χ2v) is 4.33. The maximum Gasteiger partial charge on any atom is 0.127 e. The highest BCUT2D eigenvalue weighted by Crippen LogP contribution is 2.23. The average molecular weight is 229 g/mol. The fourth-order valence-electron chi connectivity index (χ4n) is 2.14. The molecule has 1 unspecified atom stereocenters. The van der Waals surface area contributed by atoms with Gasteiger partial charge in [-0.25, -0.2) is 4.98 Å². The minimum Gasteiger partial charge on any atom is -0.347 e.